The van der Waals surface area contributed by atoms with Crippen LogP contribution in [0.25, 0.3) is 22.0 Å². The molecule has 1 aliphatic rings. The van der Waals surface area contributed by atoms with E-state index in [-0.39, 0.29) is 5.92 Å². The summed E-state index contributed by atoms with van der Waals surface area (Å²) in [5.74, 6) is 0.922. The molecular formula is C29H22ClN3. The number of rotatable bonds is 4. The summed E-state index contributed by atoms with van der Waals surface area (Å²) in [4.78, 5) is 9.61. The van der Waals surface area contributed by atoms with Crippen LogP contribution >= 0.6 is 11.6 Å². The zero-order chi connectivity index (χ0) is 22.2. The number of nitrogens with one attached hydrogen (secondary N) is 1. The lowest BCUT2D eigenvalue weighted by Gasteiger charge is -2.27. The normalized spacial score (nSPS) is 14.5. The van der Waals surface area contributed by atoms with Crippen LogP contribution < -0.4 is 5.32 Å². The van der Waals surface area contributed by atoms with Crippen LogP contribution in [-0.4, -0.2) is 9.97 Å². The molecule has 3 nitrogen and oxygen atoms in total. The molecule has 4 aromatic carbocycles. The maximum atomic E-state index is 6.13. The Balaban J connectivity index is 1.32. The predicted octanol–water partition coefficient (Wildman–Crippen LogP) is 7.25. The molecule has 0 saturated heterocycles. The second-order valence-electron chi connectivity index (χ2n) is 8.45. The molecule has 160 valence electrons. The number of fused-ring (bicyclic) bond motifs is 4. The Morgan fingerprint density at radius 1 is 0.848 bits per heavy atom. The standard InChI is InChI=1S/C29H22ClN3/c30-23-14-12-20(13-15-23)27-16-22-18-32-29(33-28(22)26-11-4-3-10-25(26)27)31-17-21-8-5-7-19-6-1-2-9-24(19)21/h1-15,18,27H,16-17H2,(H,31,32,33). The monoisotopic (exact) mass is 447 g/mol. The van der Waals surface area contributed by atoms with E-state index < -0.39 is 0 Å². The van der Waals surface area contributed by atoms with Crippen LogP contribution in [0.15, 0.2) is 97.2 Å². The number of benzene rings is 4. The fraction of sp³-hybridized carbons (Fsp3) is 0.103. The molecule has 0 amide bonds. The van der Waals surface area contributed by atoms with Gasteiger partial charge in [-0.25, -0.2) is 9.97 Å². The van der Waals surface area contributed by atoms with Gasteiger partial charge in [0.25, 0.3) is 0 Å². The average Bonchev–Trinajstić information content (AvgIpc) is 2.87. The van der Waals surface area contributed by atoms with E-state index in [9.17, 15) is 0 Å². The van der Waals surface area contributed by atoms with Crippen LogP contribution in [0.2, 0.25) is 5.02 Å². The number of hydrogen-bond donors (Lipinski definition) is 1. The molecule has 0 spiro atoms. The lowest BCUT2D eigenvalue weighted by molar-refractivity contribution is 0.781. The Morgan fingerprint density at radius 2 is 1.64 bits per heavy atom. The summed E-state index contributed by atoms with van der Waals surface area (Å²) >= 11 is 6.13. The first-order valence-corrected chi connectivity index (χ1v) is 11.6. The number of hydrogen-bond acceptors (Lipinski definition) is 3. The van der Waals surface area contributed by atoms with E-state index in [2.05, 4.69) is 89.2 Å². The molecule has 33 heavy (non-hydrogen) atoms. The molecule has 1 aromatic heterocycles. The molecule has 0 fully saturated rings. The molecule has 1 unspecified atom stereocenters. The number of anilines is 1. The van der Waals surface area contributed by atoms with Crippen molar-refractivity contribution in [2.24, 2.45) is 0 Å². The first-order chi connectivity index (χ1) is 16.3. The van der Waals surface area contributed by atoms with Crippen LogP contribution in [0.3, 0.4) is 0 Å². The minimum absolute atomic E-state index is 0.268. The van der Waals surface area contributed by atoms with Gasteiger partial charge in [-0.2, -0.15) is 0 Å². The largest absolute Gasteiger partial charge is 0.350 e. The fourth-order valence-electron chi connectivity index (χ4n) is 4.83. The molecule has 1 atom stereocenters. The molecule has 4 heteroatoms. The highest BCUT2D eigenvalue weighted by molar-refractivity contribution is 6.30. The van der Waals surface area contributed by atoms with E-state index in [1.165, 1.54) is 38.6 Å². The number of nitrogens with zero attached hydrogens (tertiary/aromatic N) is 2. The van der Waals surface area contributed by atoms with Gasteiger partial charge in [-0.1, -0.05) is 90.5 Å². The van der Waals surface area contributed by atoms with Gasteiger partial charge in [-0.3, -0.25) is 0 Å². The highest BCUT2D eigenvalue weighted by Gasteiger charge is 2.27. The van der Waals surface area contributed by atoms with E-state index in [4.69, 9.17) is 16.6 Å². The van der Waals surface area contributed by atoms with Crippen molar-refractivity contribution in [2.75, 3.05) is 5.32 Å². The SMILES string of the molecule is Clc1ccc(C2Cc3cnc(NCc4cccc5ccccc45)nc3-c3ccccc32)cc1. The highest BCUT2D eigenvalue weighted by Crippen LogP contribution is 2.42. The Kier molecular flexibility index (Phi) is 5.04. The van der Waals surface area contributed by atoms with Gasteiger partial charge in [0.2, 0.25) is 5.95 Å². The van der Waals surface area contributed by atoms with Gasteiger partial charge in [0.05, 0.1) is 5.69 Å². The molecule has 5 aromatic rings. The van der Waals surface area contributed by atoms with E-state index in [0.717, 1.165) is 17.1 Å². The van der Waals surface area contributed by atoms with E-state index >= 15 is 0 Å². The number of halogens is 1. The van der Waals surface area contributed by atoms with Crippen LogP contribution in [0, 0.1) is 0 Å². The van der Waals surface area contributed by atoms with Gasteiger partial charge >= 0.3 is 0 Å². The van der Waals surface area contributed by atoms with Gasteiger partial charge < -0.3 is 5.32 Å². The van der Waals surface area contributed by atoms with Crippen molar-refractivity contribution in [3.05, 3.63) is 124 Å². The molecule has 1 aliphatic carbocycles. The minimum atomic E-state index is 0.268. The summed E-state index contributed by atoms with van der Waals surface area (Å²) in [7, 11) is 0. The summed E-state index contributed by atoms with van der Waals surface area (Å²) in [5.41, 5.74) is 7.16. The van der Waals surface area contributed by atoms with Crippen molar-refractivity contribution in [1.82, 2.24) is 9.97 Å². The van der Waals surface area contributed by atoms with Crippen molar-refractivity contribution in [1.29, 1.82) is 0 Å². The third kappa shape index (κ3) is 3.75. The van der Waals surface area contributed by atoms with Gasteiger partial charge in [-0.05, 0) is 51.6 Å². The molecule has 0 saturated carbocycles. The topological polar surface area (TPSA) is 37.8 Å². The Labute approximate surface area is 198 Å². The van der Waals surface area contributed by atoms with Crippen molar-refractivity contribution in [2.45, 2.75) is 18.9 Å². The molecule has 1 N–H and O–H groups in total. The maximum absolute atomic E-state index is 6.13. The number of aromatic nitrogens is 2. The Hall–Kier alpha value is -3.69. The summed E-state index contributed by atoms with van der Waals surface area (Å²) in [6, 6.07) is 31.6. The van der Waals surface area contributed by atoms with Crippen LogP contribution in [-0.2, 0) is 13.0 Å². The van der Waals surface area contributed by atoms with Crippen molar-refractivity contribution in [3.63, 3.8) is 0 Å². The Bertz CT molecular complexity index is 1450. The van der Waals surface area contributed by atoms with Crippen LogP contribution in [0.5, 0.6) is 0 Å². The maximum Gasteiger partial charge on any atom is 0.223 e. The van der Waals surface area contributed by atoms with Gasteiger partial charge in [0.1, 0.15) is 0 Å². The first kappa shape index (κ1) is 20.0. The third-order valence-electron chi connectivity index (χ3n) is 6.47. The predicted molar refractivity (Wildman–Crippen MR) is 136 cm³/mol. The Morgan fingerprint density at radius 3 is 2.55 bits per heavy atom. The first-order valence-electron chi connectivity index (χ1n) is 11.2. The van der Waals surface area contributed by atoms with Crippen LogP contribution in [0.1, 0.15) is 28.2 Å². The second-order valence-corrected chi connectivity index (χ2v) is 8.89. The summed E-state index contributed by atoms with van der Waals surface area (Å²) in [6.07, 6.45) is 2.85. The molecular weight excluding hydrogens is 426 g/mol. The lowest BCUT2D eigenvalue weighted by atomic mass is 9.78. The quantitative estimate of drug-likeness (QED) is 0.315. The zero-order valence-corrected chi connectivity index (χ0v) is 18.8. The van der Waals surface area contributed by atoms with Crippen molar-refractivity contribution in [3.8, 4) is 11.3 Å². The third-order valence-corrected chi connectivity index (χ3v) is 6.72. The van der Waals surface area contributed by atoms with E-state index in [0.29, 0.717) is 12.5 Å². The average molecular weight is 448 g/mol. The molecule has 0 aliphatic heterocycles. The summed E-state index contributed by atoms with van der Waals surface area (Å²) in [5, 5.41) is 6.70. The second kappa shape index (κ2) is 8.34. The van der Waals surface area contributed by atoms with E-state index in [1.807, 2.05) is 18.3 Å². The van der Waals surface area contributed by atoms with Crippen molar-refractivity contribution < 1.29 is 0 Å². The highest BCUT2D eigenvalue weighted by atomic mass is 35.5. The summed E-state index contributed by atoms with van der Waals surface area (Å²) in [6.45, 7) is 0.676. The summed E-state index contributed by atoms with van der Waals surface area (Å²) < 4.78 is 0. The van der Waals surface area contributed by atoms with Gasteiger partial charge in [0.15, 0.2) is 0 Å². The van der Waals surface area contributed by atoms with Gasteiger partial charge in [0, 0.05) is 29.2 Å². The zero-order valence-electron chi connectivity index (χ0n) is 18.0. The smallest absolute Gasteiger partial charge is 0.223 e. The van der Waals surface area contributed by atoms with Crippen molar-refractivity contribution >= 4 is 28.3 Å². The van der Waals surface area contributed by atoms with Gasteiger partial charge in [-0.15, -0.1) is 0 Å². The lowest BCUT2D eigenvalue weighted by Crippen LogP contribution is -2.15. The molecule has 6 rings (SSSR count). The molecule has 0 radical (unpaired) electrons. The minimum Gasteiger partial charge on any atom is -0.350 e. The molecule has 1 heterocycles. The van der Waals surface area contributed by atoms with E-state index in [1.54, 1.807) is 0 Å². The fourth-order valence-corrected chi connectivity index (χ4v) is 4.96. The van der Waals surface area contributed by atoms with Crippen LogP contribution in [0.4, 0.5) is 5.95 Å². The molecule has 0 bridgehead atoms.